The molecule has 4 heterocycles. The van der Waals surface area contributed by atoms with E-state index < -0.39 is 9.84 Å². The van der Waals surface area contributed by atoms with Gasteiger partial charge in [-0.3, -0.25) is 14.7 Å². The van der Waals surface area contributed by atoms with E-state index in [1.165, 1.54) is 43.7 Å². The van der Waals surface area contributed by atoms with Crippen molar-refractivity contribution in [1.82, 2.24) is 35.1 Å². The van der Waals surface area contributed by atoms with Crippen molar-refractivity contribution in [2.45, 2.75) is 36.5 Å². The number of nitrogens with one attached hydrogen (secondary N) is 3. The van der Waals surface area contributed by atoms with Crippen LogP contribution in [-0.2, 0) is 22.1 Å². The van der Waals surface area contributed by atoms with E-state index in [0.717, 1.165) is 30.8 Å². The Morgan fingerprint density at radius 1 is 0.851 bits per heavy atom. The summed E-state index contributed by atoms with van der Waals surface area (Å²) >= 11 is 0. The van der Waals surface area contributed by atoms with E-state index in [1.54, 1.807) is 36.5 Å². The van der Waals surface area contributed by atoms with E-state index in [-0.39, 0.29) is 40.1 Å². The molecule has 3 N–H and O–H groups in total. The van der Waals surface area contributed by atoms with Crippen LogP contribution in [0, 0.1) is 11.8 Å². The maximum atomic E-state index is 13.4. The molecule has 6 rings (SSSR count). The number of pyridine rings is 1. The molecule has 1 fully saturated rings. The number of benzene rings is 2. The fraction of sp³-hybridized carbons (Fsp3) is 0.257. The molecular formula is C35H35N7O4S. The van der Waals surface area contributed by atoms with Gasteiger partial charge in [0.15, 0.2) is 9.84 Å². The molecule has 0 unspecified atom stereocenters. The van der Waals surface area contributed by atoms with Crippen LogP contribution in [0.25, 0.3) is 5.65 Å². The molecule has 5 aromatic rings. The van der Waals surface area contributed by atoms with Crippen LogP contribution in [0.5, 0.6) is 0 Å². The third-order valence-electron chi connectivity index (χ3n) is 8.05. The Balaban J connectivity index is 1.18. The monoisotopic (exact) mass is 649 g/mol. The summed E-state index contributed by atoms with van der Waals surface area (Å²) in [5, 5.41) is 12.4. The Morgan fingerprint density at radius 3 is 2.43 bits per heavy atom. The Kier molecular flexibility index (Phi) is 9.75. The molecule has 0 bridgehead atoms. The summed E-state index contributed by atoms with van der Waals surface area (Å²) in [4.78, 5) is 32.5. The number of aromatic nitrogens is 4. The summed E-state index contributed by atoms with van der Waals surface area (Å²) in [5.41, 5.74) is 3.64. The molecule has 2 amide bonds. The fourth-order valence-corrected chi connectivity index (χ4v) is 6.94. The number of imidazole rings is 1. The van der Waals surface area contributed by atoms with E-state index in [9.17, 15) is 18.0 Å². The smallest absolute Gasteiger partial charge is 0.251 e. The van der Waals surface area contributed by atoms with Crippen molar-refractivity contribution in [3.63, 3.8) is 0 Å². The Labute approximate surface area is 273 Å². The largest absolute Gasteiger partial charge is 0.351 e. The molecule has 11 nitrogen and oxygen atoms in total. The first-order valence-corrected chi connectivity index (χ1v) is 17.2. The molecule has 1 aliphatic rings. The second-order valence-electron chi connectivity index (χ2n) is 11.4. The first-order chi connectivity index (χ1) is 22.8. The minimum atomic E-state index is -3.84. The fourth-order valence-electron chi connectivity index (χ4n) is 5.49. The van der Waals surface area contributed by atoms with E-state index >= 15 is 0 Å². The van der Waals surface area contributed by atoms with Gasteiger partial charge in [-0.2, -0.15) is 5.10 Å². The van der Waals surface area contributed by atoms with Gasteiger partial charge in [0, 0.05) is 66.7 Å². The number of sulfone groups is 1. The van der Waals surface area contributed by atoms with E-state index in [4.69, 9.17) is 0 Å². The second-order valence-corrected chi connectivity index (χ2v) is 13.4. The topological polar surface area (TPSA) is 142 Å². The van der Waals surface area contributed by atoms with Crippen LogP contribution in [0.2, 0.25) is 0 Å². The van der Waals surface area contributed by atoms with Crippen molar-refractivity contribution in [3.8, 4) is 11.8 Å². The highest BCUT2D eigenvalue weighted by atomic mass is 32.2. The van der Waals surface area contributed by atoms with Crippen molar-refractivity contribution in [1.29, 1.82) is 0 Å². The Hall–Kier alpha value is -5.25. The quantitative estimate of drug-likeness (QED) is 0.197. The van der Waals surface area contributed by atoms with Crippen LogP contribution < -0.4 is 10.6 Å². The van der Waals surface area contributed by atoms with Crippen LogP contribution in [-0.4, -0.2) is 70.9 Å². The number of aromatic amines is 1. The van der Waals surface area contributed by atoms with Crippen LogP contribution in [0.4, 0.5) is 0 Å². The molecule has 2 aromatic carbocycles. The minimum Gasteiger partial charge on any atom is -0.351 e. The number of rotatable bonds is 10. The highest BCUT2D eigenvalue weighted by molar-refractivity contribution is 7.90. The number of carbonyl (C=O) groups excluding carboxylic acids is 2. The van der Waals surface area contributed by atoms with Gasteiger partial charge in [0.1, 0.15) is 5.65 Å². The van der Waals surface area contributed by atoms with Gasteiger partial charge in [0.05, 0.1) is 16.3 Å². The molecular weight excluding hydrogens is 614 g/mol. The molecule has 12 heteroatoms. The van der Waals surface area contributed by atoms with Gasteiger partial charge in [0.2, 0.25) is 0 Å². The molecule has 47 heavy (non-hydrogen) atoms. The van der Waals surface area contributed by atoms with Crippen molar-refractivity contribution < 1.29 is 18.0 Å². The maximum Gasteiger partial charge on any atom is 0.251 e. The summed E-state index contributed by atoms with van der Waals surface area (Å²) < 4.78 is 28.8. The van der Waals surface area contributed by atoms with Crippen LogP contribution in [0.1, 0.15) is 62.4 Å². The molecule has 0 radical (unpaired) electrons. The number of amides is 2. The molecule has 240 valence electrons. The zero-order valence-electron chi connectivity index (χ0n) is 25.8. The lowest BCUT2D eigenvalue weighted by Crippen LogP contribution is -2.37. The third kappa shape index (κ3) is 8.13. The highest BCUT2D eigenvalue weighted by Gasteiger charge is 2.21. The number of fused-ring (bicyclic) bond motifs is 1. The Bertz CT molecular complexity index is 2040. The summed E-state index contributed by atoms with van der Waals surface area (Å²) in [7, 11) is -3.84. The molecule has 0 spiro atoms. The second kappa shape index (κ2) is 14.5. The number of hydrogen-bond acceptors (Lipinski definition) is 7. The molecule has 0 aliphatic carbocycles. The maximum absolute atomic E-state index is 13.4. The molecule has 1 aliphatic heterocycles. The van der Waals surface area contributed by atoms with Gasteiger partial charge < -0.3 is 19.9 Å². The molecule has 0 atom stereocenters. The lowest BCUT2D eigenvalue weighted by atomic mass is 10.1. The first kappa shape index (κ1) is 31.7. The van der Waals surface area contributed by atoms with Crippen molar-refractivity contribution in [2.24, 2.45) is 0 Å². The predicted molar refractivity (Wildman–Crippen MR) is 177 cm³/mol. The molecule has 0 saturated carbocycles. The summed E-state index contributed by atoms with van der Waals surface area (Å²) in [6.07, 6.45) is 10.6. The normalized spacial score (nSPS) is 13.5. The van der Waals surface area contributed by atoms with Gasteiger partial charge in [-0.05, 0) is 92.2 Å². The van der Waals surface area contributed by atoms with Gasteiger partial charge in [-0.1, -0.05) is 18.3 Å². The summed E-state index contributed by atoms with van der Waals surface area (Å²) in [5.74, 6) is 5.15. The van der Waals surface area contributed by atoms with Gasteiger partial charge in [-0.15, -0.1) is 0 Å². The molecule has 1 saturated heterocycles. The highest BCUT2D eigenvalue weighted by Crippen LogP contribution is 2.22. The van der Waals surface area contributed by atoms with Gasteiger partial charge in [0.25, 0.3) is 11.8 Å². The van der Waals surface area contributed by atoms with Gasteiger partial charge in [-0.25, -0.2) is 13.4 Å². The number of H-pyrrole nitrogens is 1. The molecule has 3 aromatic heterocycles. The van der Waals surface area contributed by atoms with E-state index in [0.29, 0.717) is 23.4 Å². The Morgan fingerprint density at radius 2 is 1.64 bits per heavy atom. The number of piperidine rings is 1. The van der Waals surface area contributed by atoms with Crippen molar-refractivity contribution >= 4 is 27.3 Å². The predicted octanol–water partition coefficient (Wildman–Crippen LogP) is 3.58. The lowest BCUT2D eigenvalue weighted by Gasteiger charge is -2.26. The summed E-state index contributed by atoms with van der Waals surface area (Å²) in [6, 6.07) is 16.6. The SMILES string of the molecule is O=C(NCCN1CCCCC1)c1ccc(C#Cc2cc(C(=O)NCc3ccn4ccnc4c3)ccc2S(=O)(=O)Cc2ccn[nH]2)cc1. The van der Waals surface area contributed by atoms with Crippen molar-refractivity contribution in [3.05, 3.63) is 119 Å². The zero-order chi connectivity index (χ0) is 32.6. The lowest BCUT2D eigenvalue weighted by molar-refractivity contribution is 0.0940. The van der Waals surface area contributed by atoms with E-state index in [1.807, 2.05) is 28.9 Å². The minimum absolute atomic E-state index is 0.00520. The average molecular weight is 650 g/mol. The van der Waals surface area contributed by atoms with Crippen LogP contribution in [0.3, 0.4) is 0 Å². The number of nitrogens with zero attached hydrogens (tertiary/aromatic N) is 4. The third-order valence-corrected chi connectivity index (χ3v) is 9.76. The standard InChI is InChI=1S/C35H35N7O4S/c43-34(37-15-20-41-17-2-1-3-18-41)28-7-4-26(5-8-28)6-9-29-23-30(10-11-32(29)47(45,46)25-31-12-14-39-40-31)35(44)38-24-27-13-19-42-21-16-36-33(42)22-27/h4-5,7-8,10-14,16,19,21-23H,1-3,15,17-18,20,24-25H2,(H,37,43)(H,38,44)(H,39,40). The number of carbonyl (C=O) groups is 2. The van der Waals surface area contributed by atoms with E-state index in [2.05, 4.69) is 42.6 Å². The summed E-state index contributed by atoms with van der Waals surface area (Å²) in [6.45, 7) is 3.83. The average Bonchev–Trinajstić information content (AvgIpc) is 3.78. The van der Waals surface area contributed by atoms with Gasteiger partial charge >= 0.3 is 0 Å². The first-order valence-electron chi connectivity index (χ1n) is 15.5. The number of likely N-dealkylation sites (tertiary alicyclic amines) is 1. The van der Waals surface area contributed by atoms with Crippen LogP contribution in [0.15, 0.2) is 90.3 Å². The van der Waals surface area contributed by atoms with Crippen LogP contribution >= 0.6 is 0 Å². The van der Waals surface area contributed by atoms with Crippen molar-refractivity contribution in [2.75, 3.05) is 26.2 Å². The number of hydrogen-bond donors (Lipinski definition) is 3. The zero-order valence-corrected chi connectivity index (χ0v) is 26.6.